The highest BCUT2D eigenvalue weighted by molar-refractivity contribution is 7.16. The highest BCUT2D eigenvalue weighted by atomic mass is 32.1. The van der Waals surface area contributed by atoms with E-state index in [-0.39, 0.29) is 16.7 Å². The molecule has 0 unspecified atom stereocenters. The van der Waals surface area contributed by atoms with Crippen molar-refractivity contribution in [1.82, 2.24) is 0 Å². The standard InChI is InChI=1S/C19H17NO6S/c1-4-11-8-14(19(23)25-3)18(27-11)20-17(22)13-9-16(21)26-15-7-10(24-2)5-6-12(13)15/h5-9H,4H2,1-3H3,(H,20,22). The van der Waals surface area contributed by atoms with Crippen LogP contribution >= 0.6 is 11.3 Å². The van der Waals surface area contributed by atoms with Crippen molar-refractivity contribution in [2.45, 2.75) is 13.3 Å². The number of carbonyl (C=O) groups excluding carboxylic acids is 2. The fourth-order valence-electron chi connectivity index (χ4n) is 2.60. The van der Waals surface area contributed by atoms with E-state index in [1.807, 2.05) is 6.92 Å². The number of hydrogen-bond acceptors (Lipinski definition) is 7. The van der Waals surface area contributed by atoms with E-state index in [4.69, 9.17) is 13.9 Å². The Morgan fingerprint density at radius 3 is 2.59 bits per heavy atom. The number of carbonyl (C=O) groups is 2. The zero-order chi connectivity index (χ0) is 19.6. The maximum absolute atomic E-state index is 12.8. The monoisotopic (exact) mass is 387 g/mol. The molecule has 140 valence electrons. The van der Waals surface area contributed by atoms with Crippen LogP contribution in [0.4, 0.5) is 5.00 Å². The summed E-state index contributed by atoms with van der Waals surface area (Å²) in [4.78, 5) is 37.6. The van der Waals surface area contributed by atoms with Crippen LogP contribution in [-0.2, 0) is 11.2 Å². The smallest absolute Gasteiger partial charge is 0.340 e. The zero-order valence-electron chi connectivity index (χ0n) is 15.0. The second-order valence-corrected chi connectivity index (χ2v) is 6.73. The molecule has 2 aromatic heterocycles. The van der Waals surface area contributed by atoms with Crippen molar-refractivity contribution in [3.05, 3.63) is 56.8 Å². The summed E-state index contributed by atoms with van der Waals surface area (Å²) < 4.78 is 15.0. The van der Waals surface area contributed by atoms with Gasteiger partial charge >= 0.3 is 11.6 Å². The molecule has 0 aliphatic carbocycles. The number of methoxy groups -OCH3 is 2. The van der Waals surface area contributed by atoms with Gasteiger partial charge in [-0.05, 0) is 24.6 Å². The van der Waals surface area contributed by atoms with Crippen LogP contribution < -0.4 is 15.7 Å². The van der Waals surface area contributed by atoms with E-state index in [1.165, 1.54) is 31.6 Å². The molecule has 8 heteroatoms. The lowest BCUT2D eigenvalue weighted by Crippen LogP contribution is -2.16. The van der Waals surface area contributed by atoms with E-state index >= 15 is 0 Å². The lowest BCUT2D eigenvalue weighted by molar-refractivity contribution is 0.0602. The molecule has 1 amide bonds. The Morgan fingerprint density at radius 2 is 1.93 bits per heavy atom. The number of ether oxygens (including phenoxy) is 2. The number of hydrogen-bond donors (Lipinski definition) is 1. The first kappa shape index (κ1) is 18.7. The number of anilines is 1. The molecule has 0 aliphatic rings. The van der Waals surface area contributed by atoms with E-state index in [1.54, 1.807) is 18.2 Å². The maximum atomic E-state index is 12.8. The molecule has 0 saturated carbocycles. The summed E-state index contributed by atoms with van der Waals surface area (Å²) in [5.41, 5.74) is 0.00273. The minimum Gasteiger partial charge on any atom is -0.497 e. The largest absolute Gasteiger partial charge is 0.497 e. The molecule has 1 aromatic carbocycles. The molecule has 3 aromatic rings. The molecule has 0 saturated heterocycles. The van der Waals surface area contributed by atoms with Gasteiger partial charge in [0, 0.05) is 22.4 Å². The molecule has 7 nitrogen and oxygen atoms in total. The van der Waals surface area contributed by atoms with Crippen molar-refractivity contribution in [2.24, 2.45) is 0 Å². The van der Waals surface area contributed by atoms with Crippen LogP contribution in [0.1, 0.15) is 32.5 Å². The first-order valence-electron chi connectivity index (χ1n) is 8.11. The highest BCUT2D eigenvalue weighted by Crippen LogP contribution is 2.30. The Kier molecular flexibility index (Phi) is 5.27. The number of benzene rings is 1. The molecular weight excluding hydrogens is 370 g/mol. The van der Waals surface area contributed by atoms with Gasteiger partial charge in [0.1, 0.15) is 16.3 Å². The third-order valence-electron chi connectivity index (χ3n) is 3.96. The number of esters is 1. The van der Waals surface area contributed by atoms with Crippen molar-refractivity contribution in [3.8, 4) is 5.75 Å². The summed E-state index contributed by atoms with van der Waals surface area (Å²) in [6, 6.07) is 7.65. The SMILES string of the molecule is CCc1cc(C(=O)OC)c(NC(=O)c2cc(=O)oc3cc(OC)ccc23)s1. The Bertz CT molecular complexity index is 1080. The molecule has 0 fully saturated rings. The summed E-state index contributed by atoms with van der Waals surface area (Å²) in [6.45, 7) is 1.95. The van der Waals surface area contributed by atoms with E-state index in [0.717, 1.165) is 10.9 Å². The van der Waals surface area contributed by atoms with Gasteiger partial charge in [-0.3, -0.25) is 4.79 Å². The third kappa shape index (κ3) is 3.70. The molecule has 27 heavy (non-hydrogen) atoms. The summed E-state index contributed by atoms with van der Waals surface area (Å²) in [5.74, 6) is -0.557. The molecule has 0 bridgehead atoms. The summed E-state index contributed by atoms with van der Waals surface area (Å²) in [7, 11) is 2.77. The second kappa shape index (κ2) is 7.63. The first-order valence-corrected chi connectivity index (χ1v) is 8.92. The average molecular weight is 387 g/mol. The Hall–Kier alpha value is -3.13. The van der Waals surface area contributed by atoms with Crippen molar-refractivity contribution in [2.75, 3.05) is 19.5 Å². The Labute approximate surface area is 158 Å². The summed E-state index contributed by atoms with van der Waals surface area (Å²) in [5, 5.41) is 3.54. The van der Waals surface area contributed by atoms with Crippen molar-refractivity contribution >= 4 is 39.2 Å². The van der Waals surface area contributed by atoms with Gasteiger partial charge in [0.2, 0.25) is 0 Å². The van der Waals surface area contributed by atoms with E-state index in [2.05, 4.69) is 5.32 Å². The predicted molar refractivity (Wildman–Crippen MR) is 102 cm³/mol. The Morgan fingerprint density at radius 1 is 1.15 bits per heavy atom. The maximum Gasteiger partial charge on any atom is 0.340 e. The van der Waals surface area contributed by atoms with Crippen LogP contribution in [0.5, 0.6) is 5.75 Å². The van der Waals surface area contributed by atoms with Crippen molar-refractivity contribution in [3.63, 3.8) is 0 Å². The van der Waals surface area contributed by atoms with Crippen LogP contribution in [0, 0.1) is 0 Å². The number of aryl methyl sites for hydroxylation is 1. The van der Waals surface area contributed by atoms with Gasteiger partial charge in [-0.1, -0.05) is 6.92 Å². The second-order valence-electron chi connectivity index (χ2n) is 5.60. The Balaban J connectivity index is 2.03. The fraction of sp³-hybridized carbons (Fsp3) is 0.211. The van der Waals surface area contributed by atoms with Gasteiger partial charge in [0.05, 0.1) is 25.3 Å². The van der Waals surface area contributed by atoms with Gasteiger partial charge in [-0.2, -0.15) is 0 Å². The quantitative estimate of drug-likeness (QED) is 0.532. The molecule has 0 aliphatic heterocycles. The molecule has 0 spiro atoms. The van der Waals surface area contributed by atoms with Gasteiger partial charge in [0.25, 0.3) is 5.91 Å². The van der Waals surface area contributed by atoms with Crippen LogP contribution in [0.15, 0.2) is 39.5 Å². The molecule has 3 rings (SSSR count). The number of nitrogens with one attached hydrogen (secondary N) is 1. The summed E-state index contributed by atoms with van der Waals surface area (Å²) >= 11 is 1.29. The lowest BCUT2D eigenvalue weighted by Gasteiger charge is -2.08. The predicted octanol–water partition coefficient (Wildman–Crippen LogP) is 3.46. The molecule has 0 atom stereocenters. The summed E-state index contributed by atoms with van der Waals surface area (Å²) in [6.07, 6.45) is 0.710. The van der Waals surface area contributed by atoms with Crippen molar-refractivity contribution in [1.29, 1.82) is 0 Å². The topological polar surface area (TPSA) is 94.8 Å². The van der Waals surface area contributed by atoms with E-state index in [0.29, 0.717) is 22.6 Å². The van der Waals surface area contributed by atoms with Crippen LogP contribution in [0.25, 0.3) is 11.0 Å². The van der Waals surface area contributed by atoms with Crippen molar-refractivity contribution < 1.29 is 23.5 Å². The van der Waals surface area contributed by atoms with Gasteiger partial charge in [0.15, 0.2) is 0 Å². The van der Waals surface area contributed by atoms with Gasteiger partial charge < -0.3 is 19.2 Å². The first-order chi connectivity index (χ1) is 13.0. The number of rotatable bonds is 5. The van der Waals surface area contributed by atoms with E-state index in [9.17, 15) is 14.4 Å². The molecule has 0 radical (unpaired) electrons. The van der Waals surface area contributed by atoms with Gasteiger partial charge in [-0.15, -0.1) is 11.3 Å². The normalized spacial score (nSPS) is 10.6. The molecular formula is C19H17NO6S. The lowest BCUT2D eigenvalue weighted by atomic mass is 10.1. The fourth-order valence-corrected chi connectivity index (χ4v) is 3.58. The highest BCUT2D eigenvalue weighted by Gasteiger charge is 2.20. The van der Waals surface area contributed by atoms with Crippen LogP contribution in [0.3, 0.4) is 0 Å². The average Bonchev–Trinajstić information content (AvgIpc) is 3.08. The zero-order valence-corrected chi connectivity index (χ0v) is 15.8. The van der Waals surface area contributed by atoms with E-state index < -0.39 is 17.5 Å². The number of fused-ring (bicyclic) bond motifs is 1. The number of amides is 1. The molecule has 2 heterocycles. The van der Waals surface area contributed by atoms with Crippen LogP contribution in [0.2, 0.25) is 0 Å². The number of thiophene rings is 1. The minimum atomic E-state index is -0.658. The van der Waals surface area contributed by atoms with Crippen LogP contribution in [-0.4, -0.2) is 26.1 Å². The molecule has 1 N–H and O–H groups in total. The minimum absolute atomic E-state index is 0.145. The third-order valence-corrected chi connectivity index (χ3v) is 5.16. The van der Waals surface area contributed by atoms with Gasteiger partial charge in [-0.25, -0.2) is 9.59 Å².